The largest absolute Gasteiger partial charge is 0.493 e. The number of methoxy groups -OCH3 is 2. The molecule has 1 aliphatic rings. The highest BCUT2D eigenvalue weighted by molar-refractivity contribution is 5.43. The first-order chi connectivity index (χ1) is 12.1. The zero-order chi connectivity index (χ0) is 17.8. The highest BCUT2D eigenvalue weighted by Crippen LogP contribution is 2.30. The summed E-state index contributed by atoms with van der Waals surface area (Å²) in [4.78, 5) is 4.45. The molecule has 1 fully saturated rings. The molecule has 3 atom stereocenters. The molecule has 1 aromatic carbocycles. The van der Waals surface area contributed by atoms with E-state index in [4.69, 9.17) is 14.2 Å². The predicted octanol–water partition coefficient (Wildman–Crippen LogP) is 2.49. The van der Waals surface area contributed by atoms with Gasteiger partial charge in [-0.25, -0.2) is 4.98 Å². The summed E-state index contributed by atoms with van der Waals surface area (Å²) < 4.78 is 18.7. The van der Waals surface area contributed by atoms with E-state index < -0.39 is 0 Å². The van der Waals surface area contributed by atoms with E-state index >= 15 is 0 Å². The van der Waals surface area contributed by atoms with Crippen molar-refractivity contribution in [1.29, 1.82) is 0 Å². The van der Waals surface area contributed by atoms with E-state index in [9.17, 15) is 0 Å². The summed E-state index contributed by atoms with van der Waals surface area (Å²) in [6.07, 6.45) is 5.69. The second-order valence-electron chi connectivity index (χ2n) is 6.54. The van der Waals surface area contributed by atoms with Crippen molar-refractivity contribution in [2.45, 2.75) is 38.0 Å². The first-order valence-corrected chi connectivity index (χ1v) is 8.68. The fraction of sp³-hybridized carbons (Fsp3) is 0.526. The Morgan fingerprint density at radius 2 is 2.12 bits per heavy atom. The Bertz CT molecular complexity index is 701. The maximum Gasteiger partial charge on any atom is 0.160 e. The molecule has 136 valence electrons. The lowest BCUT2D eigenvalue weighted by molar-refractivity contribution is 0.0876. The first-order valence-electron chi connectivity index (χ1n) is 8.68. The molecule has 3 rings (SSSR count). The lowest BCUT2D eigenvalue weighted by Crippen LogP contribution is -2.40. The lowest BCUT2D eigenvalue weighted by atomic mass is 10.0. The smallest absolute Gasteiger partial charge is 0.160 e. The number of aromatic nitrogens is 2. The number of hydrogen-bond acceptors (Lipinski definition) is 5. The average Bonchev–Trinajstić information content (AvgIpc) is 3.23. The SMILES string of the molecule is COc1ccc(C[C@H](C)N[C@H]2CCO[C@@H]2c2nccn2C)cc1OC. The third kappa shape index (κ3) is 3.96. The minimum Gasteiger partial charge on any atom is -0.493 e. The van der Waals surface area contributed by atoms with Crippen LogP contribution < -0.4 is 14.8 Å². The standard InChI is InChI=1S/C19H27N3O3/c1-13(11-14-5-6-16(23-3)17(12-14)24-4)21-15-7-10-25-18(15)19-20-8-9-22(19)2/h5-6,8-9,12-13,15,18,21H,7,10-11H2,1-4H3/t13-,15-,18-/m0/s1. The Hall–Kier alpha value is -2.05. The molecule has 1 aromatic heterocycles. The van der Waals surface area contributed by atoms with E-state index in [-0.39, 0.29) is 12.1 Å². The summed E-state index contributed by atoms with van der Waals surface area (Å²) >= 11 is 0. The van der Waals surface area contributed by atoms with E-state index in [2.05, 4.69) is 23.3 Å². The van der Waals surface area contributed by atoms with Gasteiger partial charge in [0.15, 0.2) is 11.5 Å². The van der Waals surface area contributed by atoms with Crippen LogP contribution in [0.15, 0.2) is 30.6 Å². The molecule has 0 amide bonds. The van der Waals surface area contributed by atoms with E-state index in [1.54, 1.807) is 14.2 Å². The van der Waals surface area contributed by atoms with Crippen LogP contribution in [0.3, 0.4) is 0 Å². The molecular formula is C19H27N3O3. The Morgan fingerprint density at radius 1 is 1.32 bits per heavy atom. The highest BCUT2D eigenvalue weighted by Gasteiger charge is 2.33. The molecule has 0 unspecified atom stereocenters. The highest BCUT2D eigenvalue weighted by atomic mass is 16.5. The Labute approximate surface area is 149 Å². The van der Waals surface area contributed by atoms with Crippen LogP contribution in [0.2, 0.25) is 0 Å². The van der Waals surface area contributed by atoms with Crippen molar-refractivity contribution in [3.63, 3.8) is 0 Å². The van der Waals surface area contributed by atoms with Crippen LogP contribution in [0.5, 0.6) is 11.5 Å². The molecule has 0 aliphatic carbocycles. The number of nitrogens with zero attached hydrogens (tertiary/aromatic N) is 2. The maximum atomic E-state index is 5.93. The molecule has 2 heterocycles. The summed E-state index contributed by atoms with van der Waals surface area (Å²) in [6.45, 7) is 2.96. The molecule has 1 N–H and O–H groups in total. The number of benzene rings is 1. The van der Waals surface area contributed by atoms with Crippen LogP contribution >= 0.6 is 0 Å². The minimum absolute atomic E-state index is 0.00727. The third-order valence-corrected chi connectivity index (χ3v) is 4.69. The van der Waals surface area contributed by atoms with Crippen molar-refractivity contribution in [1.82, 2.24) is 14.9 Å². The molecule has 0 radical (unpaired) electrons. The molecular weight excluding hydrogens is 318 g/mol. The van der Waals surface area contributed by atoms with Gasteiger partial charge in [0.05, 0.1) is 14.2 Å². The van der Waals surface area contributed by atoms with Crippen molar-refractivity contribution in [3.05, 3.63) is 42.0 Å². The number of imidazole rings is 1. The molecule has 0 bridgehead atoms. The summed E-state index contributed by atoms with van der Waals surface area (Å²) in [6, 6.07) is 6.67. The first kappa shape index (κ1) is 17.8. The number of rotatable bonds is 7. The summed E-state index contributed by atoms with van der Waals surface area (Å²) in [5.74, 6) is 2.50. The third-order valence-electron chi connectivity index (χ3n) is 4.69. The molecule has 6 nitrogen and oxygen atoms in total. The lowest BCUT2D eigenvalue weighted by Gasteiger charge is -2.24. The average molecular weight is 345 g/mol. The van der Waals surface area contributed by atoms with Crippen LogP contribution in [0.1, 0.15) is 30.8 Å². The summed E-state index contributed by atoms with van der Waals surface area (Å²) in [7, 11) is 5.32. The molecule has 25 heavy (non-hydrogen) atoms. The van der Waals surface area contributed by atoms with E-state index in [0.717, 1.165) is 36.8 Å². The number of ether oxygens (including phenoxy) is 3. The van der Waals surface area contributed by atoms with Crippen molar-refractivity contribution in [3.8, 4) is 11.5 Å². The summed E-state index contributed by atoms with van der Waals surface area (Å²) in [5.41, 5.74) is 1.21. The quantitative estimate of drug-likeness (QED) is 0.835. The van der Waals surface area contributed by atoms with Gasteiger partial charge >= 0.3 is 0 Å². The van der Waals surface area contributed by atoms with Gasteiger partial charge in [-0.3, -0.25) is 0 Å². The Kier molecular flexibility index (Phi) is 5.60. The number of aryl methyl sites for hydroxylation is 1. The van der Waals surface area contributed by atoms with Gasteiger partial charge in [-0.1, -0.05) is 6.07 Å². The molecule has 1 aliphatic heterocycles. The van der Waals surface area contributed by atoms with Gasteiger partial charge in [-0.2, -0.15) is 0 Å². The molecule has 0 spiro atoms. The molecule has 6 heteroatoms. The zero-order valence-electron chi connectivity index (χ0n) is 15.4. The van der Waals surface area contributed by atoms with E-state index in [1.165, 1.54) is 5.56 Å². The predicted molar refractivity (Wildman–Crippen MR) is 96.2 cm³/mol. The van der Waals surface area contributed by atoms with Gasteiger partial charge in [0, 0.05) is 38.1 Å². The fourth-order valence-corrected chi connectivity index (χ4v) is 3.45. The van der Waals surface area contributed by atoms with Gasteiger partial charge in [-0.15, -0.1) is 0 Å². The van der Waals surface area contributed by atoms with Crippen molar-refractivity contribution in [2.24, 2.45) is 7.05 Å². The van der Waals surface area contributed by atoms with Crippen molar-refractivity contribution < 1.29 is 14.2 Å². The van der Waals surface area contributed by atoms with Crippen molar-refractivity contribution in [2.75, 3.05) is 20.8 Å². The van der Waals surface area contributed by atoms with Gasteiger partial charge < -0.3 is 24.1 Å². The number of nitrogens with one attached hydrogen (secondary N) is 1. The summed E-state index contributed by atoms with van der Waals surface area (Å²) in [5, 5.41) is 3.71. The van der Waals surface area contributed by atoms with Gasteiger partial charge in [0.1, 0.15) is 11.9 Å². The van der Waals surface area contributed by atoms with Gasteiger partial charge in [0.25, 0.3) is 0 Å². The van der Waals surface area contributed by atoms with Crippen LogP contribution in [-0.4, -0.2) is 42.5 Å². The van der Waals surface area contributed by atoms with Crippen LogP contribution in [-0.2, 0) is 18.2 Å². The normalized spacial score (nSPS) is 21.3. The van der Waals surface area contributed by atoms with E-state index in [0.29, 0.717) is 6.04 Å². The van der Waals surface area contributed by atoms with Gasteiger partial charge in [0.2, 0.25) is 0 Å². The maximum absolute atomic E-state index is 5.93. The van der Waals surface area contributed by atoms with Crippen molar-refractivity contribution >= 4 is 0 Å². The van der Waals surface area contributed by atoms with Crippen LogP contribution in [0.25, 0.3) is 0 Å². The topological polar surface area (TPSA) is 57.5 Å². The van der Waals surface area contributed by atoms with Crippen LogP contribution in [0, 0.1) is 0 Å². The Balaban J connectivity index is 1.64. The fourth-order valence-electron chi connectivity index (χ4n) is 3.45. The zero-order valence-corrected chi connectivity index (χ0v) is 15.4. The van der Waals surface area contributed by atoms with Gasteiger partial charge in [-0.05, 0) is 37.5 Å². The van der Waals surface area contributed by atoms with E-state index in [1.807, 2.05) is 36.1 Å². The Morgan fingerprint density at radius 3 is 2.80 bits per heavy atom. The molecule has 2 aromatic rings. The monoisotopic (exact) mass is 345 g/mol. The minimum atomic E-state index is 0.00727. The molecule has 1 saturated heterocycles. The molecule has 0 saturated carbocycles. The second kappa shape index (κ2) is 7.89. The number of hydrogen-bond donors (Lipinski definition) is 1. The van der Waals surface area contributed by atoms with Crippen LogP contribution in [0.4, 0.5) is 0 Å². The second-order valence-corrected chi connectivity index (χ2v) is 6.54.